The molecule has 0 spiro atoms. The van der Waals surface area contributed by atoms with Gasteiger partial charge in [-0.3, -0.25) is 9.69 Å². The van der Waals surface area contributed by atoms with E-state index >= 15 is 0 Å². The number of hydrogen-bond donors (Lipinski definition) is 1. The minimum Gasteiger partial charge on any atom is -0.372 e. The normalized spacial score (nSPS) is 25.5. The van der Waals surface area contributed by atoms with Crippen LogP contribution in [-0.2, 0) is 9.53 Å². The van der Waals surface area contributed by atoms with E-state index < -0.39 is 12.8 Å². The Labute approximate surface area is 153 Å². The van der Waals surface area contributed by atoms with Crippen molar-refractivity contribution >= 4 is 18.3 Å². The van der Waals surface area contributed by atoms with Crippen molar-refractivity contribution in [1.29, 1.82) is 0 Å². The first-order chi connectivity index (χ1) is 11.3. The van der Waals surface area contributed by atoms with Gasteiger partial charge in [0.05, 0.1) is 0 Å². The molecule has 0 radical (unpaired) electrons. The average molecular weight is 388 g/mol. The molecule has 2 fully saturated rings. The molecule has 1 amide bonds. The van der Waals surface area contributed by atoms with Crippen molar-refractivity contribution in [3.63, 3.8) is 0 Å². The molecular formula is C16H29ClF3N3O2. The molecule has 2 atom stereocenters. The van der Waals surface area contributed by atoms with Crippen molar-refractivity contribution in [2.45, 2.75) is 44.3 Å². The quantitative estimate of drug-likeness (QED) is 0.708. The van der Waals surface area contributed by atoms with Crippen LogP contribution < -0.4 is 5.73 Å². The summed E-state index contributed by atoms with van der Waals surface area (Å²) in [7, 11) is 0. The van der Waals surface area contributed by atoms with Gasteiger partial charge in [0.2, 0.25) is 5.91 Å². The highest BCUT2D eigenvalue weighted by Crippen LogP contribution is 2.25. The zero-order chi connectivity index (χ0) is 17.6. The fourth-order valence-electron chi connectivity index (χ4n) is 3.48. The highest BCUT2D eigenvalue weighted by molar-refractivity contribution is 5.85. The summed E-state index contributed by atoms with van der Waals surface area (Å²) in [6.45, 7) is 2.54. The Kier molecular flexibility index (Phi) is 9.48. The van der Waals surface area contributed by atoms with Crippen LogP contribution in [0.2, 0.25) is 0 Å². The zero-order valence-corrected chi connectivity index (χ0v) is 15.3. The highest BCUT2D eigenvalue weighted by atomic mass is 35.5. The number of piperazine rings is 1. The van der Waals surface area contributed by atoms with Gasteiger partial charge in [0, 0.05) is 51.3 Å². The summed E-state index contributed by atoms with van der Waals surface area (Å²) in [5, 5.41) is 0. The molecule has 2 N–H and O–H groups in total. The van der Waals surface area contributed by atoms with Crippen LogP contribution in [0.4, 0.5) is 13.2 Å². The monoisotopic (exact) mass is 387 g/mol. The maximum Gasteiger partial charge on any atom is 0.411 e. The van der Waals surface area contributed by atoms with E-state index in [0.717, 1.165) is 38.8 Å². The van der Waals surface area contributed by atoms with Crippen molar-refractivity contribution in [1.82, 2.24) is 9.80 Å². The Morgan fingerprint density at radius 3 is 2.44 bits per heavy atom. The Morgan fingerprint density at radius 2 is 1.84 bits per heavy atom. The fraction of sp³-hybridized carbons (Fsp3) is 0.938. The Bertz CT molecular complexity index is 405. The Morgan fingerprint density at radius 1 is 1.16 bits per heavy atom. The lowest BCUT2D eigenvalue weighted by molar-refractivity contribution is -0.174. The molecule has 1 saturated heterocycles. The van der Waals surface area contributed by atoms with Crippen molar-refractivity contribution in [3.8, 4) is 0 Å². The van der Waals surface area contributed by atoms with Gasteiger partial charge in [0.1, 0.15) is 6.61 Å². The van der Waals surface area contributed by atoms with Gasteiger partial charge >= 0.3 is 6.18 Å². The molecule has 0 aromatic rings. The van der Waals surface area contributed by atoms with Crippen LogP contribution in [0.5, 0.6) is 0 Å². The summed E-state index contributed by atoms with van der Waals surface area (Å²) < 4.78 is 40.5. The van der Waals surface area contributed by atoms with Crippen LogP contribution >= 0.6 is 12.4 Å². The molecule has 1 aliphatic heterocycles. The third kappa shape index (κ3) is 8.11. The number of halogens is 4. The second-order valence-corrected chi connectivity index (χ2v) is 6.81. The maximum atomic E-state index is 12.5. The molecule has 1 saturated carbocycles. The number of nitrogens with zero attached hydrogens (tertiary/aromatic N) is 2. The lowest BCUT2D eigenvalue weighted by Crippen LogP contribution is -2.51. The third-order valence-corrected chi connectivity index (χ3v) is 4.78. The van der Waals surface area contributed by atoms with Crippen molar-refractivity contribution < 1.29 is 22.7 Å². The van der Waals surface area contributed by atoms with E-state index in [1.165, 1.54) is 0 Å². The van der Waals surface area contributed by atoms with E-state index in [4.69, 9.17) is 5.73 Å². The van der Waals surface area contributed by atoms with Gasteiger partial charge in [0.15, 0.2) is 0 Å². The molecule has 9 heteroatoms. The van der Waals surface area contributed by atoms with Crippen LogP contribution in [0, 0.1) is 5.92 Å². The van der Waals surface area contributed by atoms with Crippen molar-refractivity contribution in [2.75, 3.05) is 45.9 Å². The summed E-state index contributed by atoms with van der Waals surface area (Å²) in [5.41, 5.74) is 5.96. The minimum atomic E-state index is -4.26. The second-order valence-electron chi connectivity index (χ2n) is 6.81. The molecule has 0 bridgehead atoms. The second kappa shape index (κ2) is 10.5. The number of nitrogens with two attached hydrogens (primary N) is 1. The molecule has 5 nitrogen and oxygen atoms in total. The minimum absolute atomic E-state index is 0. The number of hydrogen-bond acceptors (Lipinski definition) is 4. The number of ether oxygens (including phenoxy) is 1. The molecule has 0 aromatic carbocycles. The van der Waals surface area contributed by atoms with Crippen LogP contribution in [0.15, 0.2) is 0 Å². The molecule has 1 aliphatic carbocycles. The van der Waals surface area contributed by atoms with E-state index in [0.29, 0.717) is 26.1 Å². The van der Waals surface area contributed by atoms with Gasteiger partial charge in [-0.2, -0.15) is 13.2 Å². The average Bonchev–Trinajstić information content (AvgIpc) is 2.53. The number of carbonyl (C=O) groups excluding carboxylic acids is 1. The topological polar surface area (TPSA) is 58.8 Å². The van der Waals surface area contributed by atoms with E-state index in [-0.39, 0.29) is 36.9 Å². The summed E-state index contributed by atoms with van der Waals surface area (Å²) >= 11 is 0. The molecule has 2 unspecified atom stereocenters. The molecule has 2 rings (SSSR count). The largest absolute Gasteiger partial charge is 0.411 e. The van der Waals surface area contributed by atoms with Crippen molar-refractivity contribution in [3.05, 3.63) is 0 Å². The standard InChI is InChI=1S/C16H28F3N3O2.ClH/c17-16(18,19)12-24-10-2-5-21-6-8-22(9-7-21)15(23)13-3-1-4-14(20)11-13;/h13-14H,1-12,20H2;1H. The Balaban J connectivity index is 0.00000312. The summed E-state index contributed by atoms with van der Waals surface area (Å²) in [6, 6.07) is 0.144. The van der Waals surface area contributed by atoms with Crippen LogP contribution in [0.25, 0.3) is 0 Å². The molecule has 0 aromatic heterocycles. The lowest BCUT2D eigenvalue weighted by atomic mass is 9.85. The van der Waals surface area contributed by atoms with E-state index in [2.05, 4.69) is 9.64 Å². The SMILES string of the molecule is Cl.NC1CCCC(C(=O)N2CCN(CCCOCC(F)(F)F)CC2)C1. The van der Waals surface area contributed by atoms with Gasteiger partial charge < -0.3 is 15.4 Å². The summed E-state index contributed by atoms with van der Waals surface area (Å²) in [4.78, 5) is 16.6. The van der Waals surface area contributed by atoms with E-state index in [1.54, 1.807) is 0 Å². The van der Waals surface area contributed by atoms with Gasteiger partial charge in [-0.1, -0.05) is 6.42 Å². The summed E-state index contributed by atoms with van der Waals surface area (Å²) in [5.74, 6) is 0.286. The number of carbonyl (C=O) groups is 1. The smallest absolute Gasteiger partial charge is 0.372 e. The predicted molar refractivity (Wildman–Crippen MR) is 91.7 cm³/mol. The summed E-state index contributed by atoms with van der Waals surface area (Å²) in [6.07, 6.45) is 0.0669. The molecule has 2 aliphatic rings. The predicted octanol–water partition coefficient (Wildman–Crippen LogP) is 2.04. The zero-order valence-electron chi connectivity index (χ0n) is 14.5. The van der Waals surface area contributed by atoms with Gasteiger partial charge in [-0.25, -0.2) is 0 Å². The number of rotatable bonds is 6. The highest BCUT2D eigenvalue weighted by Gasteiger charge is 2.30. The van der Waals surface area contributed by atoms with Crippen molar-refractivity contribution in [2.24, 2.45) is 11.7 Å². The number of amides is 1. The van der Waals surface area contributed by atoms with Gasteiger partial charge in [-0.05, 0) is 25.7 Å². The van der Waals surface area contributed by atoms with Gasteiger partial charge in [0.25, 0.3) is 0 Å². The number of alkyl halides is 3. The lowest BCUT2D eigenvalue weighted by Gasteiger charge is -2.37. The van der Waals surface area contributed by atoms with Crippen LogP contribution in [-0.4, -0.2) is 73.9 Å². The fourth-order valence-corrected chi connectivity index (χ4v) is 3.48. The van der Waals surface area contributed by atoms with Gasteiger partial charge in [-0.15, -0.1) is 12.4 Å². The first kappa shape index (κ1) is 22.5. The van der Waals surface area contributed by atoms with Crippen LogP contribution in [0.3, 0.4) is 0 Å². The molecule has 148 valence electrons. The van der Waals surface area contributed by atoms with E-state index in [1.807, 2.05) is 4.90 Å². The molecular weight excluding hydrogens is 359 g/mol. The maximum absolute atomic E-state index is 12.5. The first-order valence-electron chi connectivity index (χ1n) is 8.76. The Hall–Kier alpha value is -0.570. The third-order valence-electron chi connectivity index (χ3n) is 4.78. The van der Waals surface area contributed by atoms with Crippen LogP contribution in [0.1, 0.15) is 32.1 Å². The molecule has 25 heavy (non-hydrogen) atoms. The first-order valence-corrected chi connectivity index (χ1v) is 8.76. The molecule has 1 heterocycles. The van der Waals surface area contributed by atoms with E-state index in [9.17, 15) is 18.0 Å².